The molecule has 1 saturated carbocycles. The van der Waals surface area contributed by atoms with Crippen molar-refractivity contribution >= 4 is 11.9 Å². The quantitative estimate of drug-likeness (QED) is 0.561. The molecule has 1 aliphatic heterocycles. The van der Waals surface area contributed by atoms with Crippen LogP contribution in [0.25, 0.3) is 0 Å². The molecule has 0 unspecified atom stereocenters. The van der Waals surface area contributed by atoms with Crippen molar-refractivity contribution < 1.29 is 19.4 Å². The number of hydrogen-bond donors (Lipinski definition) is 4. The lowest BCUT2D eigenvalue weighted by Gasteiger charge is -2.36. The standard InChI is InChI=1S/C22H33N3O4/c26-15-20-19(25-22(28)24-17-9-5-2-6-10-17)12-11-18(29-20)13-21(27)23-14-16-7-3-1-4-8-16/h1,3-4,7-8,17-20,26H,2,5-6,9-15H2,(H,23,27)(H2,24,25,28)/t18-,19-,20+/m0/s1. The summed E-state index contributed by atoms with van der Waals surface area (Å²) in [6.07, 6.45) is 6.47. The van der Waals surface area contributed by atoms with Gasteiger partial charge in [0.1, 0.15) is 6.10 Å². The molecule has 29 heavy (non-hydrogen) atoms. The molecule has 1 heterocycles. The normalized spacial score (nSPS) is 25.2. The van der Waals surface area contributed by atoms with Crippen LogP contribution >= 0.6 is 0 Å². The summed E-state index contributed by atoms with van der Waals surface area (Å²) in [6, 6.07) is 9.55. The van der Waals surface area contributed by atoms with E-state index in [9.17, 15) is 14.7 Å². The van der Waals surface area contributed by atoms with Crippen LogP contribution in [-0.4, -0.2) is 47.9 Å². The topological polar surface area (TPSA) is 99.7 Å². The molecule has 1 aromatic carbocycles. The monoisotopic (exact) mass is 403 g/mol. The summed E-state index contributed by atoms with van der Waals surface area (Å²) in [7, 11) is 0. The Balaban J connectivity index is 1.40. The Morgan fingerprint density at radius 1 is 1.00 bits per heavy atom. The number of urea groups is 1. The molecule has 0 bridgehead atoms. The zero-order valence-electron chi connectivity index (χ0n) is 16.9. The van der Waals surface area contributed by atoms with Crippen LogP contribution in [0.2, 0.25) is 0 Å². The van der Waals surface area contributed by atoms with Gasteiger partial charge in [0.15, 0.2) is 0 Å². The van der Waals surface area contributed by atoms with Gasteiger partial charge in [-0.3, -0.25) is 4.79 Å². The first kappa shape index (κ1) is 21.6. The number of ether oxygens (including phenoxy) is 1. The Kier molecular flexibility index (Phi) is 8.31. The second-order valence-corrected chi connectivity index (χ2v) is 8.08. The average molecular weight is 404 g/mol. The molecule has 3 rings (SSSR count). The maximum atomic E-state index is 12.3. The number of benzene rings is 1. The summed E-state index contributed by atoms with van der Waals surface area (Å²) in [5.41, 5.74) is 1.05. The fraction of sp³-hybridized carbons (Fsp3) is 0.636. The summed E-state index contributed by atoms with van der Waals surface area (Å²) in [4.78, 5) is 24.5. The fourth-order valence-corrected chi connectivity index (χ4v) is 4.16. The third-order valence-corrected chi connectivity index (χ3v) is 5.80. The summed E-state index contributed by atoms with van der Waals surface area (Å²) in [5, 5.41) is 18.6. The molecule has 1 aliphatic carbocycles. The summed E-state index contributed by atoms with van der Waals surface area (Å²) < 4.78 is 5.91. The number of aliphatic hydroxyl groups excluding tert-OH is 1. The van der Waals surface area contributed by atoms with Gasteiger partial charge in [0, 0.05) is 12.6 Å². The SMILES string of the molecule is O=C(C[C@@H]1CC[C@H](NC(=O)NC2CCCCC2)[C@@H](CO)O1)NCc1ccccc1. The highest BCUT2D eigenvalue weighted by atomic mass is 16.5. The Bertz CT molecular complexity index is 649. The summed E-state index contributed by atoms with van der Waals surface area (Å²) in [6.45, 7) is 0.303. The minimum atomic E-state index is -0.493. The molecular formula is C22H33N3O4. The van der Waals surface area contributed by atoms with Crippen LogP contribution in [0, 0.1) is 0 Å². The van der Waals surface area contributed by atoms with Crippen molar-refractivity contribution in [3.63, 3.8) is 0 Å². The van der Waals surface area contributed by atoms with E-state index in [-0.39, 0.29) is 43.2 Å². The molecular weight excluding hydrogens is 370 g/mol. The highest BCUT2D eigenvalue weighted by molar-refractivity contribution is 5.76. The maximum absolute atomic E-state index is 12.3. The van der Waals surface area contributed by atoms with Crippen molar-refractivity contribution in [1.29, 1.82) is 0 Å². The minimum absolute atomic E-state index is 0.0722. The molecule has 0 aromatic heterocycles. The zero-order valence-corrected chi connectivity index (χ0v) is 16.9. The molecule has 2 fully saturated rings. The molecule has 7 nitrogen and oxygen atoms in total. The fourth-order valence-electron chi connectivity index (χ4n) is 4.16. The van der Waals surface area contributed by atoms with Gasteiger partial charge in [0.05, 0.1) is 25.2 Å². The van der Waals surface area contributed by atoms with Gasteiger partial charge in [0.2, 0.25) is 5.91 Å². The summed E-state index contributed by atoms with van der Waals surface area (Å²) in [5.74, 6) is -0.0722. The van der Waals surface area contributed by atoms with Gasteiger partial charge >= 0.3 is 6.03 Å². The Morgan fingerprint density at radius 2 is 1.76 bits per heavy atom. The lowest BCUT2D eigenvalue weighted by molar-refractivity contribution is -0.130. The molecule has 4 N–H and O–H groups in total. The lowest BCUT2D eigenvalue weighted by Crippen LogP contribution is -2.55. The van der Waals surface area contributed by atoms with Crippen LogP contribution in [0.3, 0.4) is 0 Å². The van der Waals surface area contributed by atoms with Crippen LogP contribution in [0.4, 0.5) is 4.79 Å². The molecule has 2 aliphatic rings. The first-order valence-electron chi connectivity index (χ1n) is 10.8. The first-order chi connectivity index (χ1) is 14.1. The molecule has 7 heteroatoms. The first-order valence-corrected chi connectivity index (χ1v) is 10.8. The van der Waals surface area contributed by atoms with E-state index in [1.165, 1.54) is 6.42 Å². The van der Waals surface area contributed by atoms with Crippen molar-refractivity contribution in [1.82, 2.24) is 16.0 Å². The van der Waals surface area contributed by atoms with Gasteiger partial charge < -0.3 is 25.8 Å². The van der Waals surface area contributed by atoms with Gasteiger partial charge in [-0.25, -0.2) is 4.79 Å². The number of carbonyl (C=O) groups excluding carboxylic acids is 2. The third-order valence-electron chi connectivity index (χ3n) is 5.80. The van der Waals surface area contributed by atoms with Crippen LogP contribution in [0.5, 0.6) is 0 Å². The van der Waals surface area contributed by atoms with Crippen molar-refractivity contribution in [3.8, 4) is 0 Å². The lowest BCUT2D eigenvalue weighted by atomic mass is 9.95. The number of carbonyl (C=O) groups is 2. The van der Waals surface area contributed by atoms with E-state index in [2.05, 4.69) is 16.0 Å². The van der Waals surface area contributed by atoms with E-state index in [0.29, 0.717) is 19.4 Å². The number of aliphatic hydroxyl groups is 1. The Labute approximate surface area is 172 Å². The smallest absolute Gasteiger partial charge is 0.315 e. The van der Waals surface area contributed by atoms with Gasteiger partial charge in [0.25, 0.3) is 0 Å². The predicted molar refractivity (Wildman–Crippen MR) is 110 cm³/mol. The minimum Gasteiger partial charge on any atom is -0.394 e. The molecule has 0 spiro atoms. The molecule has 1 saturated heterocycles. The molecule has 1 aromatic rings. The van der Waals surface area contributed by atoms with E-state index in [1.807, 2.05) is 30.3 Å². The number of hydrogen-bond acceptors (Lipinski definition) is 4. The van der Waals surface area contributed by atoms with E-state index in [1.54, 1.807) is 0 Å². The highest BCUT2D eigenvalue weighted by Gasteiger charge is 2.33. The van der Waals surface area contributed by atoms with Crippen LogP contribution in [0.15, 0.2) is 30.3 Å². The van der Waals surface area contributed by atoms with E-state index >= 15 is 0 Å². The van der Waals surface area contributed by atoms with Gasteiger partial charge in [-0.05, 0) is 31.2 Å². The maximum Gasteiger partial charge on any atom is 0.315 e. The van der Waals surface area contributed by atoms with Crippen LogP contribution in [0.1, 0.15) is 56.9 Å². The van der Waals surface area contributed by atoms with Crippen molar-refractivity contribution in [2.45, 2.75) is 82.2 Å². The Morgan fingerprint density at radius 3 is 2.48 bits per heavy atom. The number of amides is 3. The molecule has 160 valence electrons. The number of rotatable bonds is 7. The highest BCUT2D eigenvalue weighted by Crippen LogP contribution is 2.22. The molecule has 3 amide bonds. The van der Waals surface area contributed by atoms with E-state index < -0.39 is 6.10 Å². The summed E-state index contributed by atoms with van der Waals surface area (Å²) >= 11 is 0. The van der Waals surface area contributed by atoms with Crippen molar-refractivity contribution in [2.24, 2.45) is 0 Å². The zero-order chi connectivity index (χ0) is 20.5. The molecule has 3 atom stereocenters. The second-order valence-electron chi connectivity index (χ2n) is 8.08. The third kappa shape index (κ3) is 7.01. The largest absolute Gasteiger partial charge is 0.394 e. The average Bonchev–Trinajstić information content (AvgIpc) is 2.74. The van der Waals surface area contributed by atoms with E-state index in [0.717, 1.165) is 31.2 Å². The van der Waals surface area contributed by atoms with Gasteiger partial charge in [-0.15, -0.1) is 0 Å². The van der Waals surface area contributed by atoms with Crippen LogP contribution in [-0.2, 0) is 16.1 Å². The van der Waals surface area contributed by atoms with E-state index in [4.69, 9.17) is 4.74 Å². The van der Waals surface area contributed by atoms with Crippen molar-refractivity contribution in [2.75, 3.05) is 6.61 Å². The molecule has 0 radical (unpaired) electrons. The predicted octanol–water partition coefficient (Wildman–Crippen LogP) is 2.23. The second kappa shape index (κ2) is 11.2. The van der Waals surface area contributed by atoms with Gasteiger partial charge in [-0.1, -0.05) is 49.6 Å². The van der Waals surface area contributed by atoms with Crippen molar-refractivity contribution in [3.05, 3.63) is 35.9 Å². The number of nitrogens with one attached hydrogen (secondary N) is 3. The van der Waals surface area contributed by atoms with Gasteiger partial charge in [-0.2, -0.15) is 0 Å². The van der Waals surface area contributed by atoms with Crippen LogP contribution < -0.4 is 16.0 Å². The Hall–Kier alpha value is -2.12.